The molecule has 0 aromatic heterocycles. The smallest absolute Gasteiger partial charge is 0.312 e. The molecule has 5 N–H and O–H groups in total. The van der Waals surface area contributed by atoms with Crippen LogP contribution in [0.2, 0.25) is 5.02 Å². The van der Waals surface area contributed by atoms with Crippen LogP contribution in [0.4, 0.5) is 9.18 Å². The fourth-order valence-electron chi connectivity index (χ4n) is 2.29. The van der Waals surface area contributed by atoms with Gasteiger partial charge in [0.2, 0.25) is 0 Å². The fourth-order valence-corrected chi connectivity index (χ4v) is 2.42. The van der Waals surface area contributed by atoms with Crippen LogP contribution in [0, 0.1) is 5.82 Å². The second-order valence-electron chi connectivity index (χ2n) is 5.77. The lowest BCUT2D eigenvalue weighted by Crippen LogP contribution is -2.40. The number of carbonyl (C=O) groups excluding carboxylic acids is 1. The third kappa shape index (κ3) is 6.18. The number of aliphatic hydroxyl groups excluding tert-OH is 1. The summed E-state index contributed by atoms with van der Waals surface area (Å²) in [6.45, 7) is 2.02. The molecule has 2 unspecified atom stereocenters. The largest absolute Gasteiger partial charge is 0.457 e. The molecule has 0 spiro atoms. The first-order valence-electron chi connectivity index (χ1n) is 8.02. The van der Waals surface area contributed by atoms with Crippen LogP contribution in [-0.4, -0.2) is 30.3 Å². The molecule has 0 aliphatic heterocycles. The Kier molecular flexibility index (Phi) is 7.20. The number of primary amides is 1. The number of hydrogen-bond acceptors (Lipinski definition) is 4. The maximum absolute atomic E-state index is 13.7. The Balaban J connectivity index is 2.05. The van der Waals surface area contributed by atoms with Gasteiger partial charge in [-0.2, -0.15) is 0 Å². The maximum Gasteiger partial charge on any atom is 0.312 e. The van der Waals surface area contributed by atoms with Crippen molar-refractivity contribution in [2.24, 2.45) is 5.73 Å². The molecular weight excluding hydrogens is 361 g/mol. The van der Waals surface area contributed by atoms with E-state index < -0.39 is 18.0 Å². The highest BCUT2D eigenvalue weighted by atomic mass is 35.5. The normalized spacial score (nSPS) is 13.1. The minimum atomic E-state index is -0.834. The van der Waals surface area contributed by atoms with Crippen molar-refractivity contribution < 1.29 is 19.0 Å². The SMILES string of the molecule is CC(NCC(O)CNC(N)=O)c1cc(F)ccc1Oc1ccc(Cl)cc1. The van der Waals surface area contributed by atoms with Gasteiger partial charge in [0.15, 0.2) is 0 Å². The summed E-state index contributed by atoms with van der Waals surface area (Å²) in [6, 6.07) is 10.0. The summed E-state index contributed by atoms with van der Waals surface area (Å²) in [4.78, 5) is 10.7. The number of aliphatic hydroxyl groups is 1. The van der Waals surface area contributed by atoms with Gasteiger partial charge in [-0.3, -0.25) is 0 Å². The van der Waals surface area contributed by atoms with Crippen LogP contribution in [-0.2, 0) is 0 Å². The van der Waals surface area contributed by atoms with Crippen LogP contribution in [0.1, 0.15) is 18.5 Å². The van der Waals surface area contributed by atoms with Crippen LogP contribution in [0.15, 0.2) is 42.5 Å². The van der Waals surface area contributed by atoms with Crippen molar-refractivity contribution >= 4 is 17.6 Å². The van der Waals surface area contributed by atoms with Crippen LogP contribution in [0.5, 0.6) is 11.5 Å². The predicted molar refractivity (Wildman–Crippen MR) is 97.9 cm³/mol. The summed E-state index contributed by atoms with van der Waals surface area (Å²) in [6.07, 6.45) is -0.834. The summed E-state index contributed by atoms with van der Waals surface area (Å²) >= 11 is 5.86. The third-order valence-corrected chi connectivity index (χ3v) is 3.90. The quantitative estimate of drug-likeness (QED) is 0.565. The summed E-state index contributed by atoms with van der Waals surface area (Å²) in [5.74, 6) is 0.659. The Morgan fingerprint density at radius 1 is 1.27 bits per heavy atom. The molecule has 26 heavy (non-hydrogen) atoms. The molecule has 2 aromatic carbocycles. The zero-order chi connectivity index (χ0) is 19.1. The standard InChI is InChI=1S/C18H21ClFN3O3/c1-11(22-9-14(24)10-23-18(21)25)16-8-13(20)4-7-17(16)26-15-5-2-12(19)3-6-15/h2-8,11,14,22,24H,9-10H2,1H3,(H3,21,23,25). The number of rotatable bonds is 8. The molecule has 2 aromatic rings. The van der Waals surface area contributed by atoms with Crippen molar-refractivity contribution in [2.75, 3.05) is 13.1 Å². The Morgan fingerprint density at radius 3 is 2.62 bits per heavy atom. The molecule has 0 saturated carbocycles. The van der Waals surface area contributed by atoms with Crippen molar-refractivity contribution in [3.8, 4) is 11.5 Å². The minimum Gasteiger partial charge on any atom is -0.457 e. The summed E-state index contributed by atoms with van der Waals surface area (Å²) in [5.41, 5.74) is 5.55. The van der Waals surface area contributed by atoms with E-state index in [1.165, 1.54) is 12.1 Å². The fraction of sp³-hybridized carbons (Fsp3) is 0.278. The molecule has 140 valence electrons. The first-order valence-corrected chi connectivity index (χ1v) is 8.40. The predicted octanol–water partition coefficient (Wildman–Crippen LogP) is 2.95. The Bertz CT molecular complexity index is 743. The van der Waals surface area contributed by atoms with E-state index in [4.69, 9.17) is 22.1 Å². The molecule has 0 aliphatic carbocycles. The average Bonchev–Trinajstić information content (AvgIpc) is 2.61. The molecule has 0 heterocycles. The second-order valence-corrected chi connectivity index (χ2v) is 6.20. The number of carbonyl (C=O) groups is 1. The minimum absolute atomic E-state index is 0.0202. The monoisotopic (exact) mass is 381 g/mol. The number of hydrogen-bond donors (Lipinski definition) is 4. The van der Waals surface area contributed by atoms with E-state index >= 15 is 0 Å². The highest BCUT2D eigenvalue weighted by Crippen LogP contribution is 2.31. The highest BCUT2D eigenvalue weighted by molar-refractivity contribution is 6.30. The molecular formula is C18H21ClFN3O3. The molecule has 2 amide bonds. The molecule has 2 rings (SSSR count). The molecule has 0 radical (unpaired) electrons. The lowest BCUT2D eigenvalue weighted by atomic mass is 10.1. The van der Waals surface area contributed by atoms with Gasteiger partial charge in [0.25, 0.3) is 0 Å². The van der Waals surface area contributed by atoms with Crippen molar-refractivity contribution in [3.05, 3.63) is 58.9 Å². The zero-order valence-corrected chi connectivity index (χ0v) is 15.0. The van der Waals surface area contributed by atoms with Crippen LogP contribution < -0.4 is 21.1 Å². The van der Waals surface area contributed by atoms with E-state index in [2.05, 4.69) is 10.6 Å². The van der Waals surface area contributed by atoms with Gasteiger partial charge in [0.05, 0.1) is 6.10 Å². The number of halogens is 2. The highest BCUT2D eigenvalue weighted by Gasteiger charge is 2.15. The van der Waals surface area contributed by atoms with Gasteiger partial charge in [-0.05, 0) is 49.4 Å². The molecule has 0 fully saturated rings. The van der Waals surface area contributed by atoms with Crippen LogP contribution in [0.3, 0.4) is 0 Å². The molecule has 0 aliphatic rings. The van der Waals surface area contributed by atoms with Gasteiger partial charge in [-0.25, -0.2) is 9.18 Å². The van der Waals surface area contributed by atoms with Crippen LogP contribution >= 0.6 is 11.6 Å². The third-order valence-electron chi connectivity index (χ3n) is 3.65. The molecule has 8 heteroatoms. The van der Waals surface area contributed by atoms with Crippen molar-refractivity contribution in [2.45, 2.75) is 19.1 Å². The summed E-state index contributed by atoms with van der Waals surface area (Å²) in [7, 11) is 0. The van der Waals surface area contributed by atoms with Gasteiger partial charge < -0.3 is 26.2 Å². The number of nitrogens with two attached hydrogens (primary N) is 1. The molecule has 0 saturated heterocycles. The van der Waals surface area contributed by atoms with Gasteiger partial charge in [0, 0.05) is 29.7 Å². The van der Waals surface area contributed by atoms with Gasteiger partial charge in [-0.1, -0.05) is 11.6 Å². The van der Waals surface area contributed by atoms with E-state index in [-0.39, 0.29) is 19.1 Å². The van der Waals surface area contributed by atoms with Crippen molar-refractivity contribution in [1.29, 1.82) is 0 Å². The summed E-state index contributed by atoms with van der Waals surface area (Å²) in [5, 5.41) is 15.8. The van der Waals surface area contributed by atoms with E-state index in [0.717, 1.165) is 0 Å². The van der Waals surface area contributed by atoms with E-state index in [1.54, 1.807) is 30.3 Å². The number of nitrogens with one attached hydrogen (secondary N) is 2. The van der Waals surface area contributed by atoms with Crippen LogP contribution in [0.25, 0.3) is 0 Å². The topological polar surface area (TPSA) is 96.6 Å². The van der Waals surface area contributed by atoms with Gasteiger partial charge >= 0.3 is 6.03 Å². The van der Waals surface area contributed by atoms with E-state index in [9.17, 15) is 14.3 Å². The van der Waals surface area contributed by atoms with E-state index in [0.29, 0.717) is 22.1 Å². The Hall–Kier alpha value is -2.35. The first kappa shape index (κ1) is 20.0. The molecule has 2 atom stereocenters. The number of amides is 2. The van der Waals surface area contributed by atoms with Gasteiger partial charge in [-0.15, -0.1) is 0 Å². The Morgan fingerprint density at radius 2 is 1.96 bits per heavy atom. The van der Waals surface area contributed by atoms with E-state index in [1.807, 2.05) is 6.92 Å². The first-order chi connectivity index (χ1) is 12.3. The summed E-state index contributed by atoms with van der Waals surface area (Å²) < 4.78 is 19.5. The molecule has 6 nitrogen and oxygen atoms in total. The van der Waals surface area contributed by atoms with Crippen molar-refractivity contribution in [3.63, 3.8) is 0 Å². The molecule has 0 bridgehead atoms. The number of benzene rings is 2. The van der Waals surface area contributed by atoms with Gasteiger partial charge in [0.1, 0.15) is 17.3 Å². The van der Waals surface area contributed by atoms with Crippen molar-refractivity contribution in [1.82, 2.24) is 10.6 Å². The zero-order valence-electron chi connectivity index (χ0n) is 14.2. The lowest BCUT2D eigenvalue weighted by Gasteiger charge is -2.20. The number of urea groups is 1. The average molecular weight is 382 g/mol. The number of ether oxygens (including phenoxy) is 1. The second kappa shape index (κ2) is 9.38. The Labute approximate surface area is 156 Å². The lowest BCUT2D eigenvalue weighted by molar-refractivity contribution is 0.165. The maximum atomic E-state index is 13.7.